The summed E-state index contributed by atoms with van der Waals surface area (Å²) in [6.07, 6.45) is 5.03. The summed E-state index contributed by atoms with van der Waals surface area (Å²) >= 11 is 0. The smallest absolute Gasteiger partial charge is 0.271 e. The number of carbonyl (C=O) groups excluding carboxylic acids is 1. The molecule has 0 saturated heterocycles. The van der Waals surface area contributed by atoms with Gasteiger partial charge in [0.15, 0.2) is 0 Å². The van der Waals surface area contributed by atoms with Gasteiger partial charge in [-0.3, -0.25) is 4.79 Å². The van der Waals surface area contributed by atoms with Gasteiger partial charge in [0.05, 0.1) is 12.5 Å². The number of rotatable bonds is 4. The quantitative estimate of drug-likeness (QED) is 0.686. The second-order valence-electron chi connectivity index (χ2n) is 4.90. The number of benzene rings is 1. The van der Waals surface area contributed by atoms with Crippen LogP contribution in [0.5, 0.6) is 0 Å². The molecule has 108 valence electrons. The minimum absolute atomic E-state index is 0.222. The van der Waals surface area contributed by atoms with Crippen molar-refractivity contribution in [1.82, 2.24) is 5.43 Å². The second kappa shape index (κ2) is 6.70. The predicted octanol–water partition coefficient (Wildman–Crippen LogP) is 3.72. The Balaban J connectivity index is 1.97. The zero-order valence-corrected chi connectivity index (χ0v) is 12.4. The minimum Gasteiger partial charge on any atom is -0.465 e. The Morgan fingerprint density at radius 3 is 2.71 bits per heavy atom. The molecule has 21 heavy (non-hydrogen) atoms. The molecule has 0 aliphatic rings. The Kier molecular flexibility index (Phi) is 4.72. The molecule has 0 atom stereocenters. The van der Waals surface area contributed by atoms with E-state index in [0.29, 0.717) is 5.56 Å². The van der Waals surface area contributed by atoms with E-state index in [1.54, 1.807) is 18.5 Å². The van der Waals surface area contributed by atoms with E-state index in [1.165, 1.54) is 0 Å². The zero-order chi connectivity index (χ0) is 15.2. The van der Waals surface area contributed by atoms with Crippen LogP contribution in [0.1, 0.15) is 34.2 Å². The van der Waals surface area contributed by atoms with Crippen molar-refractivity contribution in [3.05, 3.63) is 64.6 Å². The molecule has 1 aromatic carbocycles. The van der Waals surface area contributed by atoms with E-state index in [0.717, 1.165) is 22.5 Å². The summed E-state index contributed by atoms with van der Waals surface area (Å²) in [7, 11) is 0. The molecule has 1 N–H and O–H groups in total. The van der Waals surface area contributed by atoms with Crippen molar-refractivity contribution < 1.29 is 9.21 Å². The van der Waals surface area contributed by atoms with Crippen molar-refractivity contribution in [1.29, 1.82) is 0 Å². The van der Waals surface area contributed by atoms with Gasteiger partial charge in [0.1, 0.15) is 5.76 Å². The number of nitrogens with one attached hydrogen (secondary N) is 1. The van der Waals surface area contributed by atoms with E-state index in [4.69, 9.17) is 4.42 Å². The van der Waals surface area contributed by atoms with Crippen LogP contribution in [0.2, 0.25) is 0 Å². The van der Waals surface area contributed by atoms with Crippen LogP contribution in [0, 0.1) is 13.8 Å². The fourth-order valence-electron chi connectivity index (χ4n) is 1.77. The van der Waals surface area contributed by atoms with Gasteiger partial charge in [-0.05, 0) is 67.8 Å². The molecule has 2 rings (SSSR count). The topological polar surface area (TPSA) is 54.6 Å². The molecule has 4 heteroatoms. The van der Waals surface area contributed by atoms with Gasteiger partial charge in [0, 0.05) is 5.56 Å². The van der Waals surface area contributed by atoms with Gasteiger partial charge >= 0.3 is 0 Å². The molecular weight excluding hydrogens is 264 g/mol. The first-order chi connectivity index (χ1) is 10.1. The van der Waals surface area contributed by atoms with Gasteiger partial charge in [-0.2, -0.15) is 5.10 Å². The highest BCUT2D eigenvalue weighted by molar-refractivity contribution is 5.95. The number of amides is 1. The van der Waals surface area contributed by atoms with Crippen LogP contribution in [0.25, 0.3) is 6.08 Å². The van der Waals surface area contributed by atoms with Crippen molar-refractivity contribution >= 4 is 18.2 Å². The summed E-state index contributed by atoms with van der Waals surface area (Å²) in [5, 5.41) is 3.95. The van der Waals surface area contributed by atoms with Crippen LogP contribution in [0.15, 0.2) is 51.7 Å². The first-order valence-corrected chi connectivity index (χ1v) is 6.69. The van der Waals surface area contributed by atoms with Crippen molar-refractivity contribution in [3.63, 3.8) is 0 Å². The Bertz CT molecular complexity index is 683. The summed E-state index contributed by atoms with van der Waals surface area (Å²) in [6, 6.07) is 9.24. The van der Waals surface area contributed by atoms with Crippen molar-refractivity contribution in [3.8, 4) is 0 Å². The van der Waals surface area contributed by atoms with E-state index in [2.05, 4.69) is 10.5 Å². The molecule has 0 fully saturated rings. The standard InChI is InChI=1S/C17H18N2O2/c1-12(9-16-5-4-8-21-16)11-18-19-17(20)15-7-6-13(2)14(3)10-15/h4-11H,1-3H3,(H,19,20)/b12-9+,18-11+. The molecule has 1 aromatic heterocycles. The number of hydrazone groups is 1. The minimum atomic E-state index is -0.222. The molecule has 0 unspecified atom stereocenters. The second-order valence-corrected chi connectivity index (χ2v) is 4.90. The van der Waals surface area contributed by atoms with Crippen LogP contribution < -0.4 is 5.43 Å². The fraction of sp³-hybridized carbons (Fsp3) is 0.176. The Morgan fingerprint density at radius 2 is 2.05 bits per heavy atom. The number of furan rings is 1. The number of carbonyl (C=O) groups is 1. The van der Waals surface area contributed by atoms with E-state index in [1.807, 2.05) is 51.1 Å². The van der Waals surface area contributed by atoms with Gasteiger partial charge in [-0.15, -0.1) is 0 Å². The Morgan fingerprint density at radius 1 is 1.24 bits per heavy atom. The average Bonchev–Trinajstić information content (AvgIpc) is 2.94. The molecule has 1 heterocycles. The molecule has 0 saturated carbocycles. The predicted molar refractivity (Wildman–Crippen MR) is 84.2 cm³/mol. The molecular formula is C17H18N2O2. The zero-order valence-electron chi connectivity index (χ0n) is 12.4. The van der Waals surface area contributed by atoms with Crippen molar-refractivity contribution in [2.75, 3.05) is 0 Å². The number of nitrogens with zero attached hydrogens (tertiary/aromatic N) is 1. The maximum Gasteiger partial charge on any atom is 0.271 e. The van der Waals surface area contributed by atoms with Gasteiger partial charge in [0.25, 0.3) is 5.91 Å². The lowest BCUT2D eigenvalue weighted by Gasteiger charge is -2.03. The molecule has 2 aromatic rings. The molecule has 0 radical (unpaired) electrons. The van der Waals surface area contributed by atoms with Gasteiger partial charge in [-0.1, -0.05) is 6.07 Å². The fourth-order valence-corrected chi connectivity index (χ4v) is 1.77. The van der Waals surface area contributed by atoms with Crippen molar-refractivity contribution in [2.45, 2.75) is 20.8 Å². The normalized spacial score (nSPS) is 11.9. The third-order valence-electron chi connectivity index (χ3n) is 3.12. The van der Waals surface area contributed by atoms with Gasteiger partial charge in [0.2, 0.25) is 0 Å². The monoisotopic (exact) mass is 282 g/mol. The number of aryl methyl sites for hydroxylation is 2. The lowest BCUT2D eigenvalue weighted by atomic mass is 10.1. The average molecular weight is 282 g/mol. The molecule has 0 aliphatic carbocycles. The first-order valence-electron chi connectivity index (χ1n) is 6.69. The highest BCUT2D eigenvalue weighted by Gasteiger charge is 2.04. The lowest BCUT2D eigenvalue weighted by molar-refractivity contribution is 0.0955. The van der Waals surface area contributed by atoms with Crippen LogP contribution in [-0.4, -0.2) is 12.1 Å². The van der Waals surface area contributed by atoms with Gasteiger partial charge in [-0.25, -0.2) is 5.43 Å². The van der Waals surface area contributed by atoms with E-state index < -0.39 is 0 Å². The van der Waals surface area contributed by atoms with Crippen LogP contribution in [0.3, 0.4) is 0 Å². The summed E-state index contributed by atoms with van der Waals surface area (Å²) in [6.45, 7) is 5.87. The summed E-state index contributed by atoms with van der Waals surface area (Å²) < 4.78 is 5.20. The first kappa shape index (κ1) is 14.8. The maximum atomic E-state index is 11.9. The number of hydrogen-bond donors (Lipinski definition) is 1. The lowest BCUT2D eigenvalue weighted by Crippen LogP contribution is -2.17. The third kappa shape index (κ3) is 4.18. The summed E-state index contributed by atoms with van der Waals surface area (Å²) in [5.74, 6) is 0.527. The summed E-state index contributed by atoms with van der Waals surface area (Å²) in [4.78, 5) is 11.9. The Labute approximate surface area is 124 Å². The number of allylic oxidation sites excluding steroid dienone is 1. The molecule has 1 amide bonds. The summed E-state index contributed by atoms with van der Waals surface area (Å²) in [5.41, 5.74) is 6.24. The maximum absolute atomic E-state index is 11.9. The SMILES string of the molecule is CC(/C=N/NC(=O)c1ccc(C)c(C)c1)=C\c1ccco1. The highest BCUT2D eigenvalue weighted by Crippen LogP contribution is 2.09. The largest absolute Gasteiger partial charge is 0.465 e. The molecule has 0 aliphatic heterocycles. The third-order valence-corrected chi connectivity index (χ3v) is 3.12. The highest BCUT2D eigenvalue weighted by atomic mass is 16.3. The van der Waals surface area contributed by atoms with E-state index in [-0.39, 0.29) is 5.91 Å². The van der Waals surface area contributed by atoms with E-state index >= 15 is 0 Å². The van der Waals surface area contributed by atoms with Gasteiger partial charge < -0.3 is 4.42 Å². The van der Waals surface area contributed by atoms with E-state index in [9.17, 15) is 4.79 Å². The molecule has 0 spiro atoms. The van der Waals surface area contributed by atoms with Crippen LogP contribution >= 0.6 is 0 Å². The molecule has 0 bridgehead atoms. The Hall–Kier alpha value is -2.62. The van der Waals surface area contributed by atoms with Crippen LogP contribution in [-0.2, 0) is 0 Å². The van der Waals surface area contributed by atoms with Crippen LogP contribution in [0.4, 0.5) is 0 Å². The number of hydrogen-bond acceptors (Lipinski definition) is 3. The molecule has 4 nitrogen and oxygen atoms in total. The van der Waals surface area contributed by atoms with Crippen molar-refractivity contribution in [2.24, 2.45) is 5.10 Å².